The van der Waals surface area contributed by atoms with E-state index >= 15 is 0 Å². The third kappa shape index (κ3) is 2.79. The smallest absolute Gasteiger partial charge is 0.122 e. The molecule has 2 N–H and O–H groups in total. The van der Waals surface area contributed by atoms with E-state index in [0.29, 0.717) is 22.8 Å². The summed E-state index contributed by atoms with van der Waals surface area (Å²) in [6, 6.07) is 4.42. The van der Waals surface area contributed by atoms with Crippen molar-refractivity contribution in [2.24, 2.45) is 5.73 Å². The molecule has 0 saturated carbocycles. The van der Waals surface area contributed by atoms with Crippen LogP contribution in [0.15, 0.2) is 18.3 Å². The van der Waals surface area contributed by atoms with E-state index < -0.39 is 0 Å². The number of methoxy groups -OCH3 is 1. The maximum absolute atomic E-state index is 5.62. The van der Waals surface area contributed by atoms with Crippen molar-refractivity contribution >= 4 is 22.9 Å². The lowest BCUT2D eigenvalue weighted by Gasteiger charge is -2.38. The van der Waals surface area contributed by atoms with Crippen LogP contribution in [-0.4, -0.2) is 35.8 Å². The van der Waals surface area contributed by atoms with Crippen LogP contribution >= 0.6 is 12.2 Å². The highest BCUT2D eigenvalue weighted by molar-refractivity contribution is 7.80. The minimum atomic E-state index is 0.344. The zero-order valence-corrected chi connectivity index (χ0v) is 11.6. The Balaban J connectivity index is 2.16. The molecular formula is C13H19N3OS. The Bertz CT molecular complexity index is 438. The van der Waals surface area contributed by atoms with Gasteiger partial charge < -0.3 is 15.4 Å². The second-order valence-corrected chi connectivity index (χ2v) is 5.13. The average molecular weight is 265 g/mol. The number of hydrogen-bond acceptors (Lipinski definition) is 4. The molecular weight excluding hydrogens is 246 g/mol. The van der Waals surface area contributed by atoms with Crippen molar-refractivity contribution in [3.63, 3.8) is 0 Å². The van der Waals surface area contributed by atoms with Crippen LogP contribution in [0.2, 0.25) is 0 Å². The van der Waals surface area contributed by atoms with Gasteiger partial charge in [0, 0.05) is 31.6 Å². The topological polar surface area (TPSA) is 51.4 Å². The Morgan fingerprint density at radius 1 is 1.61 bits per heavy atom. The lowest BCUT2D eigenvalue weighted by atomic mass is 10.00. The highest BCUT2D eigenvalue weighted by Gasteiger charge is 2.25. The maximum atomic E-state index is 5.62. The zero-order valence-electron chi connectivity index (χ0n) is 10.8. The first-order valence-corrected chi connectivity index (χ1v) is 6.58. The van der Waals surface area contributed by atoms with Crippen molar-refractivity contribution in [2.75, 3.05) is 18.6 Å². The van der Waals surface area contributed by atoms with Gasteiger partial charge in [-0.25, -0.2) is 0 Å². The lowest BCUT2D eigenvalue weighted by Crippen LogP contribution is -2.43. The molecule has 1 aliphatic rings. The van der Waals surface area contributed by atoms with Crippen LogP contribution in [-0.2, 0) is 4.74 Å². The van der Waals surface area contributed by atoms with E-state index in [1.165, 1.54) is 0 Å². The van der Waals surface area contributed by atoms with E-state index in [4.69, 9.17) is 22.7 Å². The van der Waals surface area contributed by atoms with Gasteiger partial charge in [0.05, 0.1) is 11.8 Å². The summed E-state index contributed by atoms with van der Waals surface area (Å²) in [7, 11) is 1.78. The van der Waals surface area contributed by atoms with Gasteiger partial charge >= 0.3 is 0 Å². The van der Waals surface area contributed by atoms with Crippen molar-refractivity contribution in [3.8, 4) is 0 Å². The molecule has 2 unspecified atom stereocenters. The van der Waals surface area contributed by atoms with Gasteiger partial charge in [-0.05, 0) is 31.9 Å². The predicted molar refractivity (Wildman–Crippen MR) is 77.0 cm³/mol. The highest BCUT2D eigenvalue weighted by atomic mass is 32.1. The fourth-order valence-corrected chi connectivity index (χ4v) is 2.57. The van der Waals surface area contributed by atoms with Crippen LogP contribution < -0.4 is 10.6 Å². The van der Waals surface area contributed by atoms with Crippen LogP contribution in [0.4, 0.5) is 5.69 Å². The molecule has 1 aromatic heterocycles. The van der Waals surface area contributed by atoms with E-state index in [1.54, 1.807) is 13.3 Å². The quantitative estimate of drug-likeness (QED) is 0.843. The molecule has 1 saturated heterocycles. The van der Waals surface area contributed by atoms with Crippen LogP contribution in [0.5, 0.6) is 0 Å². The number of aromatic nitrogens is 1. The molecule has 1 fully saturated rings. The molecule has 0 aromatic carbocycles. The van der Waals surface area contributed by atoms with Gasteiger partial charge in [-0.3, -0.25) is 4.98 Å². The van der Waals surface area contributed by atoms with Crippen molar-refractivity contribution < 1.29 is 4.74 Å². The number of nitrogens with two attached hydrogens (primary N) is 1. The molecule has 2 heterocycles. The summed E-state index contributed by atoms with van der Waals surface area (Å²) in [5.74, 6) is 0. The van der Waals surface area contributed by atoms with Gasteiger partial charge in [-0.15, -0.1) is 0 Å². The average Bonchev–Trinajstić information content (AvgIpc) is 2.38. The summed E-state index contributed by atoms with van der Waals surface area (Å²) >= 11 is 4.97. The molecule has 0 radical (unpaired) electrons. The van der Waals surface area contributed by atoms with Gasteiger partial charge in [-0.2, -0.15) is 0 Å². The van der Waals surface area contributed by atoms with Crippen molar-refractivity contribution in [2.45, 2.75) is 31.9 Å². The number of nitrogens with zero attached hydrogens (tertiary/aromatic N) is 2. The lowest BCUT2D eigenvalue weighted by molar-refractivity contribution is 0.0721. The molecule has 4 nitrogen and oxygen atoms in total. The standard InChI is InChI=1S/C13H19N3OS/c1-9-7-11(17-2)4-6-16(9)10-3-5-15-12(8-10)13(14)18/h3,5,8-9,11H,4,6-7H2,1-2H3,(H2,14,18). The van der Waals surface area contributed by atoms with Gasteiger partial charge in [0.2, 0.25) is 0 Å². The first-order valence-electron chi connectivity index (χ1n) is 6.17. The second kappa shape index (κ2) is 5.63. The van der Waals surface area contributed by atoms with Gasteiger partial charge in [-0.1, -0.05) is 12.2 Å². The third-order valence-electron chi connectivity index (χ3n) is 3.49. The number of anilines is 1. The van der Waals surface area contributed by atoms with E-state index in [9.17, 15) is 0 Å². The predicted octanol–water partition coefficient (Wildman–Crippen LogP) is 1.72. The largest absolute Gasteiger partial charge is 0.388 e. The highest BCUT2D eigenvalue weighted by Crippen LogP contribution is 2.26. The molecule has 98 valence electrons. The van der Waals surface area contributed by atoms with Gasteiger partial charge in [0.15, 0.2) is 0 Å². The van der Waals surface area contributed by atoms with Crippen molar-refractivity contribution in [3.05, 3.63) is 24.0 Å². The van der Waals surface area contributed by atoms with E-state index in [-0.39, 0.29) is 0 Å². The second-order valence-electron chi connectivity index (χ2n) is 4.69. The zero-order chi connectivity index (χ0) is 13.1. The first-order chi connectivity index (χ1) is 8.61. The van der Waals surface area contributed by atoms with Crippen LogP contribution in [0, 0.1) is 0 Å². The Morgan fingerprint density at radius 3 is 3.00 bits per heavy atom. The van der Waals surface area contributed by atoms with Gasteiger partial charge in [0.25, 0.3) is 0 Å². The summed E-state index contributed by atoms with van der Waals surface area (Å²) in [4.78, 5) is 6.88. The Hall–Kier alpha value is -1.20. The van der Waals surface area contributed by atoms with Crippen LogP contribution in [0.1, 0.15) is 25.5 Å². The number of piperidine rings is 1. The minimum Gasteiger partial charge on any atom is -0.388 e. The van der Waals surface area contributed by atoms with Gasteiger partial charge in [0.1, 0.15) is 4.99 Å². The molecule has 2 rings (SSSR count). The molecule has 18 heavy (non-hydrogen) atoms. The Labute approximate surface area is 113 Å². The normalized spacial score (nSPS) is 24.0. The van der Waals surface area contributed by atoms with Crippen LogP contribution in [0.25, 0.3) is 0 Å². The first kappa shape index (κ1) is 13.2. The Morgan fingerprint density at radius 2 is 2.39 bits per heavy atom. The fraction of sp³-hybridized carbons (Fsp3) is 0.538. The summed E-state index contributed by atoms with van der Waals surface area (Å²) in [6.07, 6.45) is 4.22. The van der Waals surface area contributed by atoms with Crippen LogP contribution in [0.3, 0.4) is 0 Å². The maximum Gasteiger partial charge on any atom is 0.122 e. The monoisotopic (exact) mass is 265 g/mol. The SMILES string of the molecule is COC1CCN(c2ccnc(C(N)=S)c2)C(C)C1. The molecule has 1 aliphatic heterocycles. The minimum absolute atomic E-state index is 0.344. The van der Waals surface area contributed by atoms with E-state index in [0.717, 1.165) is 25.1 Å². The number of rotatable bonds is 3. The van der Waals surface area contributed by atoms with E-state index in [2.05, 4.69) is 16.8 Å². The summed E-state index contributed by atoms with van der Waals surface area (Å²) in [5.41, 5.74) is 7.44. The van der Waals surface area contributed by atoms with E-state index in [1.807, 2.05) is 12.1 Å². The molecule has 0 aliphatic carbocycles. The summed E-state index contributed by atoms with van der Waals surface area (Å²) in [6.45, 7) is 3.20. The molecule has 5 heteroatoms. The number of ether oxygens (including phenoxy) is 1. The number of pyridine rings is 1. The summed E-state index contributed by atoms with van der Waals surface area (Å²) in [5, 5.41) is 0. The van der Waals surface area contributed by atoms with Crippen molar-refractivity contribution in [1.82, 2.24) is 4.98 Å². The molecule has 0 spiro atoms. The molecule has 1 aromatic rings. The molecule has 2 atom stereocenters. The third-order valence-corrected chi connectivity index (χ3v) is 3.70. The van der Waals surface area contributed by atoms with Crippen molar-refractivity contribution in [1.29, 1.82) is 0 Å². The fourth-order valence-electron chi connectivity index (χ4n) is 2.46. The number of hydrogen-bond donors (Lipinski definition) is 1. The molecule has 0 bridgehead atoms. The Kier molecular flexibility index (Phi) is 4.14. The summed E-state index contributed by atoms with van der Waals surface area (Å²) < 4.78 is 5.43. The number of thiocarbonyl (C=S) groups is 1. The molecule has 0 amide bonds.